The zero-order chi connectivity index (χ0) is 12.3. The summed E-state index contributed by atoms with van der Waals surface area (Å²) in [6.07, 6.45) is 2.64. The van der Waals surface area contributed by atoms with Gasteiger partial charge in [-0.3, -0.25) is 9.59 Å². The number of carbonyl (C=O) groups is 2. The van der Waals surface area contributed by atoms with Gasteiger partial charge in [-0.05, 0) is 47.1 Å². The van der Waals surface area contributed by atoms with Crippen molar-refractivity contribution in [2.75, 3.05) is 0 Å². The van der Waals surface area contributed by atoms with E-state index in [0.29, 0.717) is 12.8 Å². The Balaban J connectivity index is 1.93. The minimum atomic E-state index is -0.246. The molecule has 0 aromatic heterocycles. The summed E-state index contributed by atoms with van der Waals surface area (Å²) >= 11 is 2.22. The van der Waals surface area contributed by atoms with Crippen molar-refractivity contribution in [1.82, 2.24) is 5.32 Å². The molecule has 90 valence electrons. The molecule has 1 aliphatic carbocycles. The molecule has 0 spiro atoms. The Bertz CT molecular complexity index is 445. The van der Waals surface area contributed by atoms with Crippen LogP contribution in [0.2, 0.25) is 0 Å². The van der Waals surface area contributed by atoms with Crippen LogP contribution in [0.5, 0.6) is 0 Å². The fourth-order valence-electron chi connectivity index (χ4n) is 2.03. The molecular weight excluding hydrogens is 329 g/mol. The van der Waals surface area contributed by atoms with Crippen molar-refractivity contribution < 1.29 is 9.59 Å². The van der Waals surface area contributed by atoms with Gasteiger partial charge in [0.1, 0.15) is 0 Å². The number of carbonyl (C=O) groups excluding carboxylic acids is 2. The van der Waals surface area contributed by atoms with Crippen LogP contribution in [0.4, 0.5) is 0 Å². The highest BCUT2D eigenvalue weighted by Gasteiger charge is 2.25. The Morgan fingerprint density at radius 1 is 1.41 bits per heavy atom. The molecule has 4 heteroatoms. The number of hydrogen-bond acceptors (Lipinski definition) is 2. The molecule has 1 aromatic carbocycles. The van der Waals surface area contributed by atoms with E-state index in [1.54, 1.807) is 0 Å². The third kappa shape index (κ3) is 3.28. The summed E-state index contributed by atoms with van der Waals surface area (Å²) in [6.45, 7) is 0. The van der Waals surface area contributed by atoms with Crippen LogP contribution >= 0.6 is 22.6 Å². The number of halogens is 1. The van der Waals surface area contributed by atoms with Crippen molar-refractivity contribution in [1.29, 1.82) is 0 Å². The molecule has 1 fully saturated rings. The van der Waals surface area contributed by atoms with Gasteiger partial charge in [-0.25, -0.2) is 0 Å². The van der Waals surface area contributed by atoms with Crippen LogP contribution in [0.3, 0.4) is 0 Å². The molecule has 0 radical (unpaired) electrons. The van der Waals surface area contributed by atoms with Crippen LogP contribution in [0, 0.1) is 3.57 Å². The number of rotatable bonds is 3. The van der Waals surface area contributed by atoms with E-state index in [2.05, 4.69) is 27.9 Å². The molecule has 3 nitrogen and oxygen atoms in total. The Morgan fingerprint density at radius 2 is 2.18 bits per heavy atom. The minimum Gasteiger partial charge on any atom is -0.346 e. The molecule has 1 N–H and O–H groups in total. The number of benzene rings is 1. The van der Waals surface area contributed by atoms with E-state index in [1.165, 1.54) is 0 Å². The van der Waals surface area contributed by atoms with Gasteiger partial charge in [-0.1, -0.05) is 18.2 Å². The molecule has 0 saturated heterocycles. The molecule has 1 amide bonds. The molecule has 0 bridgehead atoms. The molecular formula is C13H14INO2. The highest BCUT2D eigenvalue weighted by atomic mass is 127. The maximum atomic E-state index is 11.8. The number of nitrogens with one attached hydrogen (secondary N) is 1. The van der Waals surface area contributed by atoms with E-state index in [1.807, 2.05) is 24.3 Å². The molecule has 1 unspecified atom stereocenters. The van der Waals surface area contributed by atoms with Gasteiger partial charge in [-0.15, -0.1) is 0 Å². The number of Topliss-reactive ketones (excluding diaryl/α,β-unsaturated/α-hetero) is 1. The Labute approximate surface area is 114 Å². The topological polar surface area (TPSA) is 46.2 Å². The van der Waals surface area contributed by atoms with Gasteiger partial charge in [0.25, 0.3) is 0 Å². The standard InChI is InChI=1S/C13H14INO2/c14-10-5-2-1-4-9(10)8-13(17)15-11-6-3-7-12(11)16/h1-2,4-5,11H,3,6-8H2,(H,15,17). The predicted octanol–water partition coefficient (Wildman–Crippen LogP) is 2.07. The number of ketones is 1. The smallest absolute Gasteiger partial charge is 0.225 e. The SMILES string of the molecule is O=C(Cc1ccccc1I)NC1CCCC1=O. The molecule has 1 saturated carbocycles. The third-order valence-electron chi connectivity index (χ3n) is 2.95. The maximum Gasteiger partial charge on any atom is 0.225 e. The second-order valence-corrected chi connectivity index (χ2v) is 5.41. The Morgan fingerprint density at radius 3 is 2.82 bits per heavy atom. The first kappa shape index (κ1) is 12.5. The lowest BCUT2D eigenvalue weighted by atomic mass is 10.1. The molecule has 1 aliphatic rings. The van der Waals surface area contributed by atoms with Crippen molar-refractivity contribution in [2.45, 2.75) is 31.7 Å². The van der Waals surface area contributed by atoms with Crippen LogP contribution in [0.25, 0.3) is 0 Å². The molecule has 2 rings (SSSR count). The Kier molecular flexibility index (Phi) is 4.15. The highest BCUT2D eigenvalue weighted by molar-refractivity contribution is 14.1. The minimum absolute atomic E-state index is 0.0608. The summed E-state index contributed by atoms with van der Waals surface area (Å²) in [4.78, 5) is 23.2. The first-order valence-corrected chi connectivity index (χ1v) is 6.80. The van der Waals surface area contributed by atoms with E-state index < -0.39 is 0 Å². The number of hydrogen-bond donors (Lipinski definition) is 1. The van der Waals surface area contributed by atoms with Crippen molar-refractivity contribution >= 4 is 34.3 Å². The summed E-state index contributed by atoms with van der Waals surface area (Å²) in [7, 11) is 0. The maximum absolute atomic E-state index is 11.8. The van der Waals surface area contributed by atoms with Gasteiger partial charge in [0, 0.05) is 9.99 Å². The van der Waals surface area contributed by atoms with Crippen LogP contribution in [-0.2, 0) is 16.0 Å². The van der Waals surface area contributed by atoms with Gasteiger partial charge in [0.15, 0.2) is 5.78 Å². The van der Waals surface area contributed by atoms with E-state index in [-0.39, 0.29) is 17.7 Å². The summed E-state index contributed by atoms with van der Waals surface area (Å²) in [6, 6.07) is 7.54. The van der Waals surface area contributed by atoms with Gasteiger partial charge >= 0.3 is 0 Å². The summed E-state index contributed by atoms with van der Waals surface area (Å²) in [5.41, 5.74) is 1.01. The second-order valence-electron chi connectivity index (χ2n) is 4.25. The highest BCUT2D eigenvalue weighted by Crippen LogP contribution is 2.15. The van der Waals surface area contributed by atoms with Crippen molar-refractivity contribution in [3.63, 3.8) is 0 Å². The number of amides is 1. The van der Waals surface area contributed by atoms with Crippen LogP contribution < -0.4 is 5.32 Å². The zero-order valence-electron chi connectivity index (χ0n) is 9.41. The summed E-state index contributed by atoms with van der Waals surface area (Å²) < 4.78 is 1.08. The van der Waals surface area contributed by atoms with Crippen LogP contribution in [0.1, 0.15) is 24.8 Å². The van der Waals surface area contributed by atoms with Gasteiger partial charge in [0.2, 0.25) is 5.91 Å². The van der Waals surface area contributed by atoms with Crippen molar-refractivity contribution in [3.8, 4) is 0 Å². The molecule has 0 heterocycles. The van der Waals surface area contributed by atoms with E-state index in [4.69, 9.17) is 0 Å². The van der Waals surface area contributed by atoms with Gasteiger partial charge in [-0.2, -0.15) is 0 Å². The van der Waals surface area contributed by atoms with Crippen molar-refractivity contribution in [2.24, 2.45) is 0 Å². The van der Waals surface area contributed by atoms with Crippen LogP contribution in [0.15, 0.2) is 24.3 Å². The van der Waals surface area contributed by atoms with E-state index in [9.17, 15) is 9.59 Å². The monoisotopic (exact) mass is 343 g/mol. The average Bonchev–Trinajstić information content (AvgIpc) is 2.68. The van der Waals surface area contributed by atoms with Crippen molar-refractivity contribution in [3.05, 3.63) is 33.4 Å². The Hall–Kier alpha value is -0.910. The fourth-order valence-corrected chi connectivity index (χ4v) is 2.61. The normalized spacial score (nSPS) is 19.4. The van der Waals surface area contributed by atoms with Gasteiger partial charge in [0.05, 0.1) is 12.5 Å². The molecule has 1 atom stereocenters. The quantitative estimate of drug-likeness (QED) is 0.855. The van der Waals surface area contributed by atoms with E-state index in [0.717, 1.165) is 22.0 Å². The summed E-state index contributed by atoms with van der Waals surface area (Å²) in [5.74, 6) is 0.107. The molecule has 17 heavy (non-hydrogen) atoms. The third-order valence-corrected chi connectivity index (χ3v) is 4.00. The molecule has 1 aromatic rings. The molecule has 0 aliphatic heterocycles. The lowest BCUT2D eigenvalue weighted by Gasteiger charge is -2.11. The summed E-state index contributed by atoms with van der Waals surface area (Å²) in [5, 5.41) is 2.81. The zero-order valence-corrected chi connectivity index (χ0v) is 11.6. The largest absolute Gasteiger partial charge is 0.346 e. The second kappa shape index (κ2) is 5.62. The van der Waals surface area contributed by atoms with Gasteiger partial charge < -0.3 is 5.32 Å². The van der Waals surface area contributed by atoms with Crippen LogP contribution in [-0.4, -0.2) is 17.7 Å². The van der Waals surface area contributed by atoms with E-state index >= 15 is 0 Å². The first-order valence-electron chi connectivity index (χ1n) is 5.72. The predicted molar refractivity (Wildman–Crippen MR) is 73.7 cm³/mol. The average molecular weight is 343 g/mol. The fraction of sp³-hybridized carbons (Fsp3) is 0.385. The first-order chi connectivity index (χ1) is 8.16. The lowest BCUT2D eigenvalue weighted by molar-refractivity contribution is -0.126. The lowest BCUT2D eigenvalue weighted by Crippen LogP contribution is -2.38.